The third kappa shape index (κ3) is 3.06. The number of hydrogen-bond acceptors (Lipinski definition) is 6. The monoisotopic (exact) mass is 348 g/mol. The lowest BCUT2D eigenvalue weighted by atomic mass is 10.1. The number of nitro benzene ring substituents is 1. The van der Waals surface area contributed by atoms with Gasteiger partial charge in [0.2, 0.25) is 0 Å². The van der Waals surface area contributed by atoms with Gasteiger partial charge in [-0.3, -0.25) is 10.1 Å². The molecule has 0 fully saturated rings. The number of nitrogens with one attached hydrogen (secondary N) is 1. The molecule has 3 aromatic rings. The number of anilines is 1. The Hall–Kier alpha value is -3.48. The van der Waals surface area contributed by atoms with E-state index in [9.17, 15) is 10.1 Å². The van der Waals surface area contributed by atoms with Gasteiger partial charge in [0.1, 0.15) is 18.2 Å². The maximum atomic E-state index is 11.0. The van der Waals surface area contributed by atoms with E-state index in [1.807, 2.05) is 37.3 Å². The highest BCUT2D eigenvalue weighted by molar-refractivity contribution is 5.61. The zero-order valence-electron chi connectivity index (χ0n) is 14.0. The molecule has 0 saturated carbocycles. The molecule has 0 unspecified atom stereocenters. The van der Waals surface area contributed by atoms with Gasteiger partial charge in [-0.15, -0.1) is 0 Å². The van der Waals surface area contributed by atoms with Gasteiger partial charge in [0.05, 0.1) is 11.0 Å². The van der Waals surface area contributed by atoms with Crippen molar-refractivity contribution >= 4 is 11.5 Å². The predicted octanol–water partition coefficient (Wildman–Crippen LogP) is 3.91. The molecule has 1 aliphatic rings. The minimum Gasteiger partial charge on any atom is -0.491 e. The van der Waals surface area contributed by atoms with Gasteiger partial charge >= 0.3 is 0 Å². The maximum absolute atomic E-state index is 11.0. The van der Waals surface area contributed by atoms with Crippen molar-refractivity contribution in [3.05, 3.63) is 76.0 Å². The Morgan fingerprint density at radius 3 is 2.85 bits per heavy atom. The van der Waals surface area contributed by atoms with E-state index in [1.54, 1.807) is 12.1 Å². The average Bonchev–Trinajstić information content (AvgIpc) is 3.04. The van der Waals surface area contributed by atoms with Crippen LogP contribution in [0.2, 0.25) is 0 Å². The largest absolute Gasteiger partial charge is 0.491 e. The number of fused-ring (bicyclic) bond motifs is 1. The minimum absolute atomic E-state index is 0.00143. The summed E-state index contributed by atoms with van der Waals surface area (Å²) in [5, 5.41) is 14.4. The number of ether oxygens (including phenoxy) is 1. The summed E-state index contributed by atoms with van der Waals surface area (Å²) in [6.07, 6.45) is 0. The van der Waals surface area contributed by atoms with E-state index in [2.05, 4.69) is 15.3 Å². The molecule has 1 aliphatic heterocycles. The topological polar surface area (TPSA) is 90.2 Å². The first-order chi connectivity index (χ1) is 12.6. The van der Waals surface area contributed by atoms with E-state index in [4.69, 9.17) is 4.74 Å². The summed E-state index contributed by atoms with van der Waals surface area (Å²) in [5.41, 5.74) is 2.48. The van der Waals surface area contributed by atoms with Crippen LogP contribution in [0.15, 0.2) is 54.6 Å². The fourth-order valence-corrected chi connectivity index (χ4v) is 2.99. The lowest BCUT2D eigenvalue weighted by Crippen LogP contribution is -2.13. The van der Waals surface area contributed by atoms with E-state index in [1.165, 1.54) is 12.1 Å². The van der Waals surface area contributed by atoms with Gasteiger partial charge in [-0.25, -0.2) is 9.97 Å². The summed E-state index contributed by atoms with van der Waals surface area (Å²) in [5.74, 6) is 1.97. The van der Waals surface area contributed by atoms with E-state index in [0.29, 0.717) is 23.8 Å². The maximum Gasteiger partial charge on any atom is 0.270 e. The zero-order valence-corrected chi connectivity index (χ0v) is 14.0. The highest BCUT2D eigenvalue weighted by atomic mass is 16.6. The van der Waals surface area contributed by atoms with Gasteiger partial charge in [-0.1, -0.05) is 30.3 Å². The van der Waals surface area contributed by atoms with Crippen molar-refractivity contribution in [2.45, 2.75) is 13.0 Å². The van der Waals surface area contributed by atoms with Crippen LogP contribution in [0.5, 0.6) is 5.75 Å². The molecular formula is C19H16N4O3. The Morgan fingerprint density at radius 1 is 1.15 bits per heavy atom. The van der Waals surface area contributed by atoms with Crippen molar-refractivity contribution < 1.29 is 9.66 Å². The van der Waals surface area contributed by atoms with E-state index in [0.717, 1.165) is 17.0 Å². The minimum atomic E-state index is -0.425. The Bertz CT molecular complexity index is 990. The fraction of sp³-hybridized carbons (Fsp3) is 0.158. The predicted molar refractivity (Wildman–Crippen MR) is 97.2 cm³/mol. The van der Waals surface area contributed by atoms with Crippen molar-refractivity contribution in [3.8, 4) is 17.1 Å². The van der Waals surface area contributed by atoms with Crippen LogP contribution >= 0.6 is 0 Å². The highest BCUT2D eigenvalue weighted by Gasteiger charge is 2.24. The molecule has 1 N–H and O–H groups in total. The summed E-state index contributed by atoms with van der Waals surface area (Å²) in [4.78, 5) is 19.5. The number of aryl methyl sites for hydroxylation is 1. The van der Waals surface area contributed by atoms with Gasteiger partial charge in [-0.05, 0) is 13.0 Å². The lowest BCUT2D eigenvalue weighted by Gasteiger charge is -2.14. The van der Waals surface area contributed by atoms with Gasteiger partial charge in [-0.2, -0.15) is 0 Å². The number of non-ortho nitro benzene ring substituents is 1. The van der Waals surface area contributed by atoms with Crippen LogP contribution in [0.1, 0.15) is 17.3 Å². The van der Waals surface area contributed by atoms with Crippen LogP contribution in [0.3, 0.4) is 0 Å². The summed E-state index contributed by atoms with van der Waals surface area (Å²) in [6.45, 7) is 2.39. The molecule has 26 heavy (non-hydrogen) atoms. The third-order valence-corrected chi connectivity index (χ3v) is 4.19. The van der Waals surface area contributed by atoms with Gasteiger partial charge in [0.25, 0.3) is 5.69 Å². The number of nitro groups is 1. The lowest BCUT2D eigenvalue weighted by molar-refractivity contribution is -0.384. The van der Waals surface area contributed by atoms with Crippen molar-refractivity contribution in [1.82, 2.24) is 9.97 Å². The Morgan fingerprint density at radius 2 is 2.00 bits per heavy atom. The SMILES string of the molecule is Cc1cc(N[C@@H]2COc3ccccc32)nc(-c2cccc([N+](=O)[O-])c2)n1. The molecule has 0 bridgehead atoms. The normalized spacial score (nSPS) is 15.2. The molecule has 2 aromatic carbocycles. The third-order valence-electron chi connectivity index (χ3n) is 4.19. The van der Waals surface area contributed by atoms with Crippen molar-refractivity contribution in [2.75, 3.05) is 11.9 Å². The number of hydrogen-bond donors (Lipinski definition) is 1. The highest BCUT2D eigenvalue weighted by Crippen LogP contribution is 2.34. The molecule has 0 spiro atoms. The standard InChI is InChI=1S/C19H16N4O3/c1-12-9-18(21-16-11-26-17-8-3-2-7-15(16)17)22-19(20-12)13-5-4-6-14(10-13)23(24)25/h2-10,16H,11H2,1H3,(H,20,21,22)/t16-/m1/s1. The molecule has 130 valence electrons. The molecular weight excluding hydrogens is 332 g/mol. The van der Waals surface area contributed by atoms with Crippen molar-refractivity contribution in [2.24, 2.45) is 0 Å². The summed E-state index contributed by atoms with van der Waals surface area (Å²) in [7, 11) is 0. The van der Waals surface area contributed by atoms with Crippen molar-refractivity contribution in [3.63, 3.8) is 0 Å². The van der Waals surface area contributed by atoms with E-state index < -0.39 is 4.92 Å². The van der Waals surface area contributed by atoms with Crippen LogP contribution in [-0.4, -0.2) is 21.5 Å². The average molecular weight is 348 g/mol. The zero-order chi connectivity index (χ0) is 18.1. The number of benzene rings is 2. The Balaban J connectivity index is 1.65. The van der Waals surface area contributed by atoms with Crippen LogP contribution in [-0.2, 0) is 0 Å². The molecule has 1 aromatic heterocycles. The van der Waals surface area contributed by atoms with Gasteiger partial charge in [0.15, 0.2) is 5.82 Å². The molecule has 1 atom stereocenters. The Kier molecular flexibility index (Phi) is 3.96. The summed E-state index contributed by atoms with van der Waals surface area (Å²) in [6, 6.07) is 16.1. The van der Waals surface area contributed by atoms with Crippen LogP contribution < -0.4 is 10.1 Å². The molecule has 0 radical (unpaired) electrons. The summed E-state index contributed by atoms with van der Waals surface area (Å²) < 4.78 is 5.69. The van der Waals surface area contributed by atoms with E-state index in [-0.39, 0.29) is 11.7 Å². The van der Waals surface area contributed by atoms with E-state index >= 15 is 0 Å². The molecule has 2 heterocycles. The van der Waals surface area contributed by atoms with Crippen LogP contribution in [0, 0.1) is 17.0 Å². The number of aromatic nitrogens is 2. The summed E-state index contributed by atoms with van der Waals surface area (Å²) >= 11 is 0. The second-order valence-electron chi connectivity index (χ2n) is 6.07. The molecule has 7 heteroatoms. The molecule has 7 nitrogen and oxygen atoms in total. The molecule has 0 amide bonds. The first-order valence-electron chi connectivity index (χ1n) is 8.19. The molecule has 4 rings (SSSR count). The van der Waals surface area contributed by atoms with Crippen LogP contribution in [0.4, 0.5) is 11.5 Å². The molecule has 0 aliphatic carbocycles. The fourth-order valence-electron chi connectivity index (χ4n) is 2.99. The van der Waals surface area contributed by atoms with Gasteiger partial charge < -0.3 is 10.1 Å². The number of nitrogens with zero attached hydrogens (tertiary/aromatic N) is 3. The van der Waals surface area contributed by atoms with Crippen molar-refractivity contribution in [1.29, 1.82) is 0 Å². The first kappa shape index (κ1) is 16.0. The number of para-hydroxylation sites is 1. The number of rotatable bonds is 4. The Labute approximate surface area is 149 Å². The second-order valence-corrected chi connectivity index (χ2v) is 6.07. The second kappa shape index (κ2) is 6.44. The van der Waals surface area contributed by atoms with Gasteiger partial charge in [0, 0.05) is 35.0 Å². The van der Waals surface area contributed by atoms with Crippen LogP contribution in [0.25, 0.3) is 11.4 Å². The first-order valence-corrected chi connectivity index (χ1v) is 8.19. The molecule has 0 saturated heterocycles. The quantitative estimate of drug-likeness (QED) is 0.568. The smallest absolute Gasteiger partial charge is 0.270 e.